The molecule has 1 aromatic rings. The van der Waals surface area contributed by atoms with Crippen molar-refractivity contribution in [3.05, 3.63) is 29.8 Å². The Morgan fingerprint density at radius 3 is 2.57 bits per heavy atom. The number of guanidine groups is 1. The fraction of sp³-hybridized carbons (Fsp3) is 0.682. The molecule has 0 radical (unpaired) electrons. The number of hydrogen-bond donors (Lipinski definition) is 2. The fourth-order valence-corrected chi connectivity index (χ4v) is 5.02. The number of ether oxygens (including phenoxy) is 1. The Morgan fingerprint density at radius 1 is 1.25 bits per heavy atom. The van der Waals surface area contributed by atoms with Crippen molar-refractivity contribution in [2.45, 2.75) is 70.1 Å². The summed E-state index contributed by atoms with van der Waals surface area (Å²) >= 11 is 0. The summed E-state index contributed by atoms with van der Waals surface area (Å²) in [5.41, 5.74) is 1.16. The molecule has 1 aliphatic carbocycles. The Hall–Kier alpha value is -1.56. The molecule has 1 fully saturated rings. The Labute approximate surface area is 173 Å². The van der Waals surface area contributed by atoms with Gasteiger partial charge in [0.05, 0.1) is 13.7 Å². The Balaban J connectivity index is 2.03. The van der Waals surface area contributed by atoms with E-state index in [4.69, 9.17) is 9.73 Å². The van der Waals surface area contributed by atoms with Gasteiger partial charge in [-0.05, 0) is 43.9 Å². The molecule has 6 heteroatoms. The molecule has 1 saturated carbocycles. The standard InChI is InChI=1S/C22H37N3O2S/c1-6-23-21(25-18-9-8-10-20(15-18)28(26)7-2)24-16-22(3,4)17-11-13-19(27-5)14-12-17/h11-14,18,20H,6-10,15-16H2,1-5H3,(H2,23,24,25). The van der Waals surface area contributed by atoms with Crippen LogP contribution in [0.3, 0.4) is 0 Å². The van der Waals surface area contributed by atoms with E-state index in [1.165, 1.54) is 5.56 Å². The molecular formula is C22H37N3O2S. The van der Waals surface area contributed by atoms with Crippen molar-refractivity contribution in [1.29, 1.82) is 0 Å². The van der Waals surface area contributed by atoms with Crippen molar-refractivity contribution in [3.63, 3.8) is 0 Å². The van der Waals surface area contributed by atoms with Crippen molar-refractivity contribution >= 4 is 16.8 Å². The number of benzene rings is 1. The van der Waals surface area contributed by atoms with E-state index in [1.54, 1.807) is 7.11 Å². The first kappa shape index (κ1) is 22.7. The third-order valence-corrected chi connectivity index (χ3v) is 7.21. The first-order valence-corrected chi connectivity index (χ1v) is 11.8. The highest BCUT2D eigenvalue weighted by Gasteiger charge is 2.26. The number of hydrogen-bond acceptors (Lipinski definition) is 3. The maximum atomic E-state index is 12.2. The van der Waals surface area contributed by atoms with Crippen LogP contribution < -0.4 is 15.4 Å². The molecule has 3 unspecified atom stereocenters. The molecule has 0 amide bonds. The average molecular weight is 408 g/mol. The van der Waals surface area contributed by atoms with Crippen LogP contribution in [0.15, 0.2) is 29.3 Å². The first-order valence-electron chi connectivity index (χ1n) is 10.5. The Morgan fingerprint density at radius 2 is 1.96 bits per heavy atom. The second kappa shape index (κ2) is 10.8. The fourth-order valence-electron chi connectivity index (χ4n) is 3.67. The molecule has 0 heterocycles. The van der Waals surface area contributed by atoms with Gasteiger partial charge in [-0.15, -0.1) is 0 Å². The van der Waals surface area contributed by atoms with Gasteiger partial charge in [-0.25, -0.2) is 0 Å². The lowest BCUT2D eigenvalue weighted by molar-refractivity contribution is 0.412. The number of nitrogens with one attached hydrogen (secondary N) is 2. The molecule has 2 rings (SSSR count). The van der Waals surface area contributed by atoms with Gasteiger partial charge in [0.15, 0.2) is 5.96 Å². The van der Waals surface area contributed by atoms with Crippen molar-refractivity contribution < 1.29 is 8.95 Å². The maximum Gasteiger partial charge on any atom is 0.191 e. The van der Waals surface area contributed by atoms with E-state index in [0.29, 0.717) is 17.8 Å². The van der Waals surface area contributed by atoms with Crippen LogP contribution in [-0.4, -0.2) is 47.4 Å². The average Bonchev–Trinajstić information content (AvgIpc) is 2.72. The topological polar surface area (TPSA) is 62.7 Å². The molecule has 1 aromatic carbocycles. The molecule has 0 aromatic heterocycles. The van der Waals surface area contributed by atoms with Crippen molar-refractivity contribution in [3.8, 4) is 5.75 Å². The van der Waals surface area contributed by atoms with Gasteiger partial charge < -0.3 is 15.4 Å². The quantitative estimate of drug-likeness (QED) is 0.510. The molecule has 0 saturated heterocycles. The highest BCUT2D eigenvalue weighted by molar-refractivity contribution is 7.85. The van der Waals surface area contributed by atoms with Gasteiger partial charge in [-0.2, -0.15) is 0 Å². The van der Waals surface area contributed by atoms with Crippen molar-refractivity contribution in [2.24, 2.45) is 4.99 Å². The summed E-state index contributed by atoms with van der Waals surface area (Å²) in [5.74, 6) is 2.48. The molecule has 28 heavy (non-hydrogen) atoms. The number of rotatable bonds is 8. The summed E-state index contributed by atoms with van der Waals surface area (Å²) in [5, 5.41) is 7.28. The molecule has 158 valence electrons. The molecule has 5 nitrogen and oxygen atoms in total. The van der Waals surface area contributed by atoms with Gasteiger partial charge >= 0.3 is 0 Å². The van der Waals surface area contributed by atoms with Crippen LogP contribution in [0.4, 0.5) is 0 Å². The summed E-state index contributed by atoms with van der Waals surface area (Å²) < 4.78 is 17.5. The predicted octanol–water partition coefficient (Wildman–Crippen LogP) is 3.61. The van der Waals surface area contributed by atoms with Crippen LogP contribution in [-0.2, 0) is 16.2 Å². The molecular weight excluding hydrogens is 370 g/mol. The summed E-state index contributed by atoms with van der Waals surface area (Å²) in [6.45, 7) is 10.0. The summed E-state index contributed by atoms with van der Waals surface area (Å²) in [6, 6.07) is 8.57. The predicted molar refractivity (Wildman–Crippen MR) is 120 cm³/mol. The largest absolute Gasteiger partial charge is 0.497 e. The van der Waals surface area contributed by atoms with Gasteiger partial charge in [0, 0.05) is 39.8 Å². The van der Waals surface area contributed by atoms with Crippen LogP contribution in [0.5, 0.6) is 5.75 Å². The Kier molecular flexibility index (Phi) is 8.80. The monoisotopic (exact) mass is 407 g/mol. The zero-order valence-corrected chi connectivity index (χ0v) is 18.9. The minimum absolute atomic E-state index is 0.0760. The van der Waals surface area contributed by atoms with E-state index in [-0.39, 0.29) is 5.41 Å². The summed E-state index contributed by atoms with van der Waals surface area (Å²) in [4.78, 5) is 4.88. The first-order chi connectivity index (χ1) is 13.4. The molecule has 0 spiro atoms. The van der Waals surface area contributed by atoms with E-state index in [2.05, 4.69) is 43.5 Å². The van der Waals surface area contributed by atoms with Crippen molar-refractivity contribution in [1.82, 2.24) is 10.6 Å². The molecule has 3 atom stereocenters. The van der Waals surface area contributed by atoms with Crippen LogP contribution in [0, 0.1) is 0 Å². The zero-order valence-electron chi connectivity index (χ0n) is 18.1. The molecule has 0 aliphatic heterocycles. The highest BCUT2D eigenvalue weighted by Crippen LogP contribution is 2.26. The number of methoxy groups -OCH3 is 1. The van der Waals surface area contributed by atoms with E-state index < -0.39 is 10.8 Å². The lowest BCUT2D eigenvalue weighted by Crippen LogP contribution is -2.47. The van der Waals surface area contributed by atoms with Gasteiger partial charge in [0.2, 0.25) is 0 Å². The normalized spacial score (nSPS) is 21.8. The lowest BCUT2D eigenvalue weighted by atomic mass is 9.85. The van der Waals surface area contributed by atoms with Crippen LogP contribution in [0.25, 0.3) is 0 Å². The number of nitrogens with zero attached hydrogens (tertiary/aromatic N) is 1. The summed E-state index contributed by atoms with van der Waals surface area (Å²) in [6.07, 6.45) is 4.29. The lowest BCUT2D eigenvalue weighted by Gasteiger charge is -2.30. The molecule has 1 aliphatic rings. The second-order valence-corrected chi connectivity index (χ2v) is 10.1. The number of aliphatic imine (C=N–C) groups is 1. The Bertz CT molecular complexity index is 658. The third kappa shape index (κ3) is 6.50. The summed E-state index contributed by atoms with van der Waals surface area (Å²) in [7, 11) is 0.976. The van der Waals surface area contributed by atoms with Gasteiger partial charge in [-0.3, -0.25) is 9.20 Å². The van der Waals surface area contributed by atoms with E-state index >= 15 is 0 Å². The van der Waals surface area contributed by atoms with Crippen molar-refractivity contribution in [2.75, 3.05) is 26.0 Å². The van der Waals surface area contributed by atoms with Crippen LogP contribution >= 0.6 is 0 Å². The minimum atomic E-state index is -0.709. The molecule has 0 bridgehead atoms. The van der Waals surface area contributed by atoms with Crippen LogP contribution in [0.1, 0.15) is 58.9 Å². The van der Waals surface area contributed by atoms with E-state index in [1.807, 2.05) is 19.1 Å². The highest BCUT2D eigenvalue weighted by atomic mass is 32.2. The third-order valence-electron chi connectivity index (χ3n) is 5.47. The maximum absolute atomic E-state index is 12.2. The van der Waals surface area contributed by atoms with Gasteiger partial charge in [-0.1, -0.05) is 39.3 Å². The SMILES string of the molecule is CCNC(=NCC(C)(C)c1ccc(OC)cc1)NC1CCCC(S(=O)CC)C1. The van der Waals surface area contributed by atoms with E-state index in [9.17, 15) is 4.21 Å². The van der Waals surface area contributed by atoms with Gasteiger partial charge in [0.1, 0.15) is 5.75 Å². The minimum Gasteiger partial charge on any atom is -0.497 e. The second-order valence-electron chi connectivity index (χ2n) is 8.11. The van der Waals surface area contributed by atoms with Gasteiger partial charge in [0.25, 0.3) is 0 Å². The molecule has 2 N–H and O–H groups in total. The smallest absolute Gasteiger partial charge is 0.191 e. The van der Waals surface area contributed by atoms with E-state index in [0.717, 1.165) is 49.7 Å². The zero-order chi connectivity index (χ0) is 20.6. The van der Waals surface area contributed by atoms with Crippen LogP contribution in [0.2, 0.25) is 0 Å².